The molecule has 4 aromatic rings. The van der Waals surface area contributed by atoms with Gasteiger partial charge in [0, 0.05) is 18.9 Å². The molecule has 1 atom stereocenters. The lowest BCUT2D eigenvalue weighted by Crippen LogP contribution is -2.34. The highest BCUT2D eigenvalue weighted by molar-refractivity contribution is 6.33. The van der Waals surface area contributed by atoms with Crippen molar-refractivity contribution >= 4 is 34.7 Å². The molecule has 9 nitrogen and oxygen atoms in total. The average Bonchev–Trinajstić information content (AvgIpc) is 3.41. The van der Waals surface area contributed by atoms with E-state index in [1.54, 1.807) is 16.8 Å². The summed E-state index contributed by atoms with van der Waals surface area (Å²) in [6.07, 6.45) is 4.67. The molecule has 1 aliphatic heterocycles. The zero-order valence-electron chi connectivity index (χ0n) is 17.3. The number of ketones is 1. The van der Waals surface area contributed by atoms with Crippen LogP contribution in [0.25, 0.3) is 11.2 Å². The van der Waals surface area contributed by atoms with Gasteiger partial charge < -0.3 is 10.6 Å². The van der Waals surface area contributed by atoms with Crippen LogP contribution in [0, 0.1) is 0 Å². The first-order valence-electron chi connectivity index (χ1n) is 10.2. The van der Waals surface area contributed by atoms with E-state index in [4.69, 9.17) is 22.4 Å². The lowest BCUT2D eigenvalue weighted by molar-refractivity contribution is 0.101. The minimum Gasteiger partial charge on any atom is -0.368 e. The van der Waals surface area contributed by atoms with Crippen molar-refractivity contribution in [2.75, 3.05) is 17.2 Å². The van der Waals surface area contributed by atoms with E-state index in [9.17, 15) is 9.59 Å². The van der Waals surface area contributed by atoms with Crippen molar-refractivity contribution in [3.63, 3.8) is 0 Å². The summed E-state index contributed by atoms with van der Waals surface area (Å²) in [6, 6.07) is 10.7. The molecule has 0 radical (unpaired) electrons. The first kappa shape index (κ1) is 20.2. The molecule has 4 heterocycles. The Hall–Kier alpha value is -3.72. The SMILES string of the molecule is CC(=O)c1cnc(N)nc1N1CCC[C@H]1c1nn2ccc(Cl)c2c(=O)n1-c1ccccc1. The third-order valence-corrected chi connectivity index (χ3v) is 5.97. The number of para-hydroxylation sites is 1. The zero-order valence-corrected chi connectivity index (χ0v) is 18.0. The van der Waals surface area contributed by atoms with Gasteiger partial charge in [0.1, 0.15) is 11.3 Å². The third kappa shape index (κ3) is 3.21. The molecule has 5 rings (SSSR count). The van der Waals surface area contributed by atoms with Crippen molar-refractivity contribution in [1.29, 1.82) is 0 Å². The highest BCUT2D eigenvalue weighted by Gasteiger charge is 2.34. The molecule has 2 N–H and O–H groups in total. The minimum absolute atomic E-state index is 0.0803. The quantitative estimate of drug-likeness (QED) is 0.476. The summed E-state index contributed by atoms with van der Waals surface area (Å²) in [4.78, 5) is 36.2. The maximum atomic E-state index is 13.6. The molecule has 32 heavy (non-hydrogen) atoms. The molecule has 1 aromatic carbocycles. The molecular formula is C22H20ClN7O2. The van der Waals surface area contributed by atoms with Crippen molar-refractivity contribution < 1.29 is 4.79 Å². The van der Waals surface area contributed by atoms with Crippen molar-refractivity contribution in [1.82, 2.24) is 24.1 Å². The number of fused-ring (bicyclic) bond motifs is 1. The number of nitrogens with zero attached hydrogens (tertiary/aromatic N) is 6. The Balaban J connectivity index is 1.75. The van der Waals surface area contributed by atoms with Crippen LogP contribution in [0.2, 0.25) is 5.02 Å². The predicted molar refractivity (Wildman–Crippen MR) is 122 cm³/mol. The molecule has 162 valence electrons. The molecule has 0 saturated carbocycles. The van der Waals surface area contributed by atoms with E-state index in [2.05, 4.69) is 9.97 Å². The molecular weight excluding hydrogens is 430 g/mol. The van der Waals surface area contributed by atoms with Gasteiger partial charge in [-0.1, -0.05) is 29.8 Å². The predicted octanol–water partition coefficient (Wildman–Crippen LogP) is 3.05. The van der Waals surface area contributed by atoms with E-state index in [-0.39, 0.29) is 23.3 Å². The lowest BCUT2D eigenvalue weighted by Gasteiger charge is -2.28. The molecule has 0 bridgehead atoms. The van der Waals surface area contributed by atoms with Crippen molar-refractivity contribution in [3.05, 3.63) is 75.6 Å². The molecule has 1 saturated heterocycles. The van der Waals surface area contributed by atoms with E-state index < -0.39 is 0 Å². The minimum atomic E-state index is -0.305. The van der Waals surface area contributed by atoms with Crippen LogP contribution in [0.4, 0.5) is 11.8 Å². The maximum Gasteiger partial charge on any atom is 0.284 e. The number of halogens is 1. The Morgan fingerprint density at radius 2 is 2.00 bits per heavy atom. The normalized spacial score (nSPS) is 16.1. The van der Waals surface area contributed by atoms with Crippen LogP contribution in [-0.4, -0.2) is 36.5 Å². The van der Waals surface area contributed by atoms with Crippen LogP contribution >= 0.6 is 11.6 Å². The van der Waals surface area contributed by atoms with Gasteiger partial charge in [-0.05, 0) is 38.0 Å². The topological polar surface area (TPSA) is 111 Å². The van der Waals surface area contributed by atoms with Gasteiger partial charge >= 0.3 is 0 Å². The number of carbonyl (C=O) groups excluding carboxylic acids is 1. The summed E-state index contributed by atoms with van der Waals surface area (Å²) in [5.74, 6) is 0.903. The van der Waals surface area contributed by atoms with Gasteiger partial charge in [-0.3, -0.25) is 14.2 Å². The van der Waals surface area contributed by atoms with Gasteiger partial charge in [0.2, 0.25) is 5.95 Å². The van der Waals surface area contributed by atoms with Gasteiger partial charge in [-0.25, -0.2) is 9.50 Å². The number of nitrogens with two attached hydrogens (primary N) is 1. The van der Waals surface area contributed by atoms with E-state index >= 15 is 0 Å². The number of hydrogen-bond acceptors (Lipinski definition) is 7. The Labute approximate surface area is 188 Å². The number of carbonyl (C=O) groups is 1. The molecule has 10 heteroatoms. The molecule has 1 aliphatic rings. The number of rotatable bonds is 4. The molecule has 0 amide bonds. The van der Waals surface area contributed by atoms with Gasteiger partial charge in [0.15, 0.2) is 11.6 Å². The monoisotopic (exact) mass is 449 g/mol. The molecule has 0 spiro atoms. The lowest BCUT2D eigenvalue weighted by atomic mass is 10.1. The van der Waals surface area contributed by atoms with Crippen LogP contribution in [0.1, 0.15) is 42.0 Å². The number of anilines is 2. The number of nitrogen functional groups attached to an aromatic ring is 1. The summed E-state index contributed by atoms with van der Waals surface area (Å²) in [5.41, 5.74) is 6.95. The summed E-state index contributed by atoms with van der Waals surface area (Å²) < 4.78 is 3.10. The second-order valence-electron chi connectivity index (χ2n) is 7.66. The largest absolute Gasteiger partial charge is 0.368 e. The third-order valence-electron chi connectivity index (χ3n) is 5.67. The zero-order chi connectivity index (χ0) is 22.4. The summed E-state index contributed by atoms with van der Waals surface area (Å²) in [5, 5.41) is 5.12. The maximum absolute atomic E-state index is 13.6. The fourth-order valence-electron chi connectivity index (χ4n) is 4.23. The van der Waals surface area contributed by atoms with Gasteiger partial charge in [-0.2, -0.15) is 10.1 Å². The second-order valence-corrected chi connectivity index (χ2v) is 8.07. The highest BCUT2D eigenvalue weighted by Crippen LogP contribution is 2.36. The standard InChI is InChI=1S/C22H20ClN7O2/c1-13(31)15-12-25-22(24)26-19(15)28-10-5-8-17(28)20-27-29-11-9-16(23)18(29)21(32)30(20)14-6-3-2-4-7-14/h2-4,6-7,9,11-12,17H,5,8,10H2,1H3,(H2,24,25,26)/t17-/m0/s1. The van der Waals surface area contributed by atoms with Crippen LogP contribution in [-0.2, 0) is 0 Å². The van der Waals surface area contributed by atoms with E-state index in [0.29, 0.717) is 40.0 Å². The smallest absolute Gasteiger partial charge is 0.284 e. The van der Waals surface area contributed by atoms with Gasteiger partial charge in [0.05, 0.1) is 22.3 Å². The Bertz CT molecular complexity index is 1400. The van der Waals surface area contributed by atoms with Crippen LogP contribution in [0.5, 0.6) is 0 Å². The molecule has 1 fully saturated rings. The van der Waals surface area contributed by atoms with Crippen molar-refractivity contribution in [3.8, 4) is 5.69 Å². The van der Waals surface area contributed by atoms with Crippen LogP contribution in [0.15, 0.2) is 53.6 Å². The molecule has 0 unspecified atom stereocenters. The van der Waals surface area contributed by atoms with Crippen LogP contribution in [0.3, 0.4) is 0 Å². The summed E-state index contributed by atoms with van der Waals surface area (Å²) in [7, 11) is 0. The first-order chi connectivity index (χ1) is 15.5. The van der Waals surface area contributed by atoms with E-state index in [1.165, 1.54) is 17.6 Å². The number of aromatic nitrogens is 5. The second kappa shape index (κ2) is 7.76. The van der Waals surface area contributed by atoms with E-state index in [1.807, 2.05) is 35.2 Å². The number of Topliss-reactive ketones (excluding diaryl/α,β-unsaturated/α-hetero) is 1. The van der Waals surface area contributed by atoms with Gasteiger partial charge in [-0.15, -0.1) is 0 Å². The Kier molecular flexibility index (Phi) is 4.90. The Morgan fingerprint density at radius 3 is 2.75 bits per heavy atom. The number of hydrogen-bond donors (Lipinski definition) is 1. The molecule has 0 aliphatic carbocycles. The highest BCUT2D eigenvalue weighted by atomic mass is 35.5. The first-order valence-corrected chi connectivity index (χ1v) is 10.6. The fraction of sp³-hybridized carbons (Fsp3) is 0.227. The van der Waals surface area contributed by atoms with Gasteiger partial charge in [0.25, 0.3) is 5.56 Å². The average molecular weight is 450 g/mol. The van der Waals surface area contributed by atoms with E-state index in [0.717, 1.165) is 12.8 Å². The van der Waals surface area contributed by atoms with Crippen LogP contribution < -0.4 is 16.2 Å². The Morgan fingerprint density at radius 1 is 1.22 bits per heavy atom. The van der Waals surface area contributed by atoms with Crippen molar-refractivity contribution in [2.24, 2.45) is 0 Å². The summed E-state index contributed by atoms with van der Waals surface area (Å²) in [6.45, 7) is 2.10. The number of benzene rings is 1. The molecule has 3 aromatic heterocycles. The fourth-order valence-corrected chi connectivity index (χ4v) is 4.46. The summed E-state index contributed by atoms with van der Waals surface area (Å²) >= 11 is 6.29. The van der Waals surface area contributed by atoms with Crippen molar-refractivity contribution in [2.45, 2.75) is 25.8 Å².